The Balaban J connectivity index is 1.66. The van der Waals surface area contributed by atoms with E-state index in [1.807, 2.05) is 0 Å². The third kappa shape index (κ3) is 3.98. The number of methoxy groups -OCH3 is 1. The molecule has 2 unspecified atom stereocenters. The van der Waals surface area contributed by atoms with Gasteiger partial charge in [-0.2, -0.15) is 0 Å². The van der Waals surface area contributed by atoms with Gasteiger partial charge in [0.1, 0.15) is 0 Å². The number of hydrogen-bond donors (Lipinski definition) is 2. The highest BCUT2D eigenvalue weighted by atomic mass is 16.5. The van der Waals surface area contributed by atoms with Gasteiger partial charge in [0.2, 0.25) is 0 Å². The van der Waals surface area contributed by atoms with Gasteiger partial charge in [-0.05, 0) is 57.3 Å². The molecule has 4 heteroatoms. The highest BCUT2D eigenvalue weighted by Gasteiger charge is 2.49. The fourth-order valence-corrected chi connectivity index (χ4v) is 3.66. The molecule has 0 spiro atoms. The molecule has 3 aliphatic carbocycles. The predicted molar refractivity (Wildman–Crippen MR) is 84.3 cm³/mol. The summed E-state index contributed by atoms with van der Waals surface area (Å²) >= 11 is 0. The molecule has 2 atom stereocenters. The quantitative estimate of drug-likeness (QED) is 0.608. The van der Waals surface area contributed by atoms with Crippen molar-refractivity contribution in [3.05, 3.63) is 0 Å². The molecular formula is C17H32N2O2. The fraction of sp³-hybridized carbons (Fsp3) is 1.00. The van der Waals surface area contributed by atoms with E-state index in [-0.39, 0.29) is 12.1 Å². The normalized spacial score (nSPS) is 26.9. The van der Waals surface area contributed by atoms with Crippen molar-refractivity contribution in [3.63, 3.8) is 0 Å². The van der Waals surface area contributed by atoms with E-state index in [2.05, 4.69) is 17.1 Å². The third-order valence-electron chi connectivity index (χ3n) is 5.66. The van der Waals surface area contributed by atoms with Gasteiger partial charge >= 0.3 is 0 Å². The summed E-state index contributed by atoms with van der Waals surface area (Å²) in [5.41, 5.74) is -0.0714. The molecule has 2 N–H and O–H groups in total. The van der Waals surface area contributed by atoms with E-state index in [1.165, 1.54) is 38.5 Å². The molecule has 4 nitrogen and oxygen atoms in total. The maximum Gasteiger partial charge on any atom is 0.0628 e. The van der Waals surface area contributed by atoms with Crippen LogP contribution in [0.15, 0.2) is 0 Å². The average Bonchev–Trinajstić information content (AvgIpc) is 3.31. The lowest BCUT2D eigenvalue weighted by Crippen LogP contribution is -2.60. The van der Waals surface area contributed by atoms with Crippen LogP contribution >= 0.6 is 0 Å². The molecule has 122 valence electrons. The van der Waals surface area contributed by atoms with Crippen LogP contribution in [0, 0.1) is 11.8 Å². The zero-order chi connectivity index (χ0) is 14.9. The van der Waals surface area contributed by atoms with Crippen LogP contribution in [0.25, 0.3) is 0 Å². The zero-order valence-electron chi connectivity index (χ0n) is 13.7. The maximum atomic E-state index is 10.2. The van der Waals surface area contributed by atoms with E-state index >= 15 is 0 Å². The monoisotopic (exact) mass is 296 g/mol. The molecule has 0 saturated heterocycles. The van der Waals surface area contributed by atoms with Crippen LogP contribution in [0.1, 0.15) is 45.4 Å². The first-order chi connectivity index (χ1) is 10.2. The van der Waals surface area contributed by atoms with Crippen LogP contribution in [-0.2, 0) is 4.74 Å². The SMILES string of the molecule is COCCN(CC(CO)(NC1CC1)C1CC1)C(C)C1CC1. The highest BCUT2D eigenvalue weighted by molar-refractivity contribution is 5.07. The van der Waals surface area contributed by atoms with E-state index in [9.17, 15) is 5.11 Å². The van der Waals surface area contributed by atoms with Gasteiger partial charge in [0.05, 0.1) is 18.8 Å². The second-order valence-corrected chi connectivity index (χ2v) is 7.55. The number of rotatable bonds is 11. The van der Waals surface area contributed by atoms with Crippen molar-refractivity contribution in [1.29, 1.82) is 0 Å². The molecule has 3 saturated carbocycles. The number of ether oxygens (including phenoxy) is 1. The van der Waals surface area contributed by atoms with Gasteiger partial charge in [-0.15, -0.1) is 0 Å². The van der Waals surface area contributed by atoms with Gasteiger partial charge in [-0.25, -0.2) is 0 Å². The number of nitrogens with one attached hydrogen (secondary N) is 1. The van der Waals surface area contributed by atoms with Crippen molar-refractivity contribution in [1.82, 2.24) is 10.2 Å². The Kier molecular flexibility index (Phi) is 4.89. The van der Waals surface area contributed by atoms with Gasteiger partial charge in [-0.1, -0.05) is 0 Å². The fourth-order valence-electron chi connectivity index (χ4n) is 3.66. The van der Waals surface area contributed by atoms with Crippen LogP contribution in [0.2, 0.25) is 0 Å². The molecule has 0 aromatic carbocycles. The molecule has 0 heterocycles. The van der Waals surface area contributed by atoms with E-state index in [0.717, 1.165) is 25.6 Å². The summed E-state index contributed by atoms with van der Waals surface area (Å²) in [5, 5.41) is 14.0. The van der Waals surface area contributed by atoms with Gasteiger partial charge in [0.25, 0.3) is 0 Å². The van der Waals surface area contributed by atoms with Crippen molar-refractivity contribution in [2.45, 2.75) is 63.1 Å². The van der Waals surface area contributed by atoms with Crippen molar-refractivity contribution >= 4 is 0 Å². The second kappa shape index (κ2) is 6.53. The average molecular weight is 296 g/mol. The van der Waals surface area contributed by atoms with E-state index < -0.39 is 0 Å². The van der Waals surface area contributed by atoms with Crippen molar-refractivity contribution in [3.8, 4) is 0 Å². The Morgan fingerprint density at radius 1 is 1.24 bits per heavy atom. The second-order valence-electron chi connectivity index (χ2n) is 7.55. The first-order valence-electron chi connectivity index (χ1n) is 8.80. The molecular weight excluding hydrogens is 264 g/mol. The maximum absolute atomic E-state index is 10.2. The van der Waals surface area contributed by atoms with Crippen molar-refractivity contribution in [2.24, 2.45) is 11.8 Å². The molecule has 0 amide bonds. The van der Waals surface area contributed by atoms with Crippen LogP contribution in [0.5, 0.6) is 0 Å². The van der Waals surface area contributed by atoms with E-state index in [1.54, 1.807) is 7.11 Å². The summed E-state index contributed by atoms with van der Waals surface area (Å²) in [7, 11) is 1.78. The molecule has 0 aliphatic heterocycles. The smallest absolute Gasteiger partial charge is 0.0628 e. The minimum atomic E-state index is -0.0714. The van der Waals surface area contributed by atoms with Crippen molar-refractivity contribution in [2.75, 3.05) is 33.4 Å². The molecule has 3 rings (SSSR count). The Hall–Kier alpha value is -0.160. The van der Waals surface area contributed by atoms with E-state index in [4.69, 9.17) is 4.74 Å². The molecule has 0 radical (unpaired) electrons. The lowest BCUT2D eigenvalue weighted by Gasteiger charge is -2.41. The predicted octanol–water partition coefficient (Wildman–Crippen LogP) is 1.63. The summed E-state index contributed by atoms with van der Waals surface area (Å²) in [6.45, 7) is 5.38. The molecule has 0 aromatic heterocycles. The Labute approximate surface area is 129 Å². The van der Waals surface area contributed by atoms with Gasteiger partial charge in [0, 0.05) is 32.3 Å². The van der Waals surface area contributed by atoms with E-state index in [0.29, 0.717) is 18.0 Å². The summed E-state index contributed by atoms with van der Waals surface area (Å²) in [4.78, 5) is 2.57. The molecule has 0 aromatic rings. The number of nitrogens with zero attached hydrogens (tertiary/aromatic N) is 1. The summed E-state index contributed by atoms with van der Waals surface area (Å²) < 4.78 is 5.32. The first-order valence-corrected chi connectivity index (χ1v) is 8.80. The number of aliphatic hydroxyl groups is 1. The Bertz CT molecular complexity index is 340. The lowest BCUT2D eigenvalue weighted by atomic mass is 9.92. The van der Waals surface area contributed by atoms with Crippen molar-refractivity contribution < 1.29 is 9.84 Å². The molecule has 0 bridgehead atoms. The van der Waals surface area contributed by atoms with Crippen LogP contribution in [0.4, 0.5) is 0 Å². The minimum Gasteiger partial charge on any atom is -0.394 e. The van der Waals surface area contributed by atoms with Gasteiger partial charge in [0.15, 0.2) is 0 Å². The van der Waals surface area contributed by atoms with Crippen LogP contribution in [-0.4, -0.2) is 61.0 Å². The molecule has 3 fully saturated rings. The Morgan fingerprint density at radius 2 is 1.95 bits per heavy atom. The Morgan fingerprint density at radius 3 is 2.43 bits per heavy atom. The minimum absolute atomic E-state index is 0.0714. The largest absolute Gasteiger partial charge is 0.394 e. The number of aliphatic hydroxyl groups excluding tert-OH is 1. The molecule has 3 aliphatic rings. The third-order valence-corrected chi connectivity index (χ3v) is 5.66. The standard InChI is InChI=1S/C17H32N2O2/c1-13(14-3-4-14)19(9-10-21-2)11-17(12-20,15-5-6-15)18-16-7-8-16/h13-16,18,20H,3-12H2,1-2H3. The number of hydrogen-bond acceptors (Lipinski definition) is 4. The topological polar surface area (TPSA) is 44.7 Å². The zero-order valence-corrected chi connectivity index (χ0v) is 13.7. The van der Waals surface area contributed by atoms with Crippen LogP contribution in [0.3, 0.4) is 0 Å². The van der Waals surface area contributed by atoms with Gasteiger partial charge < -0.3 is 15.2 Å². The summed E-state index contributed by atoms with van der Waals surface area (Å²) in [5.74, 6) is 1.53. The summed E-state index contributed by atoms with van der Waals surface area (Å²) in [6.07, 6.45) is 7.86. The highest BCUT2D eigenvalue weighted by Crippen LogP contribution is 2.43. The lowest BCUT2D eigenvalue weighted by molar-refractivity contribution is 0.0495. The summed E-state index contributed by atoms with van der Waals surface area (Å²) in [6, 6.07) is 1.27. The first kappa shape index (κ1) is 15.7. The van der Waals surface area contributed by atoms with Crippen LogP contribution < -0.4 is 5.32 Å². The molecule has 21 heavy (non-hydrogen) atoms. The van der Waals surface area contributed by atoms with Gasteiger partial charge in [-0.3, -0.25) is 4.90 Å².